The van der Waals surface area contributed by atoms with Crippen molar-refractivity contribution in [1.82, 2.24) is 19.9 Å². The third kappa shape index (κ3) is 3.34. The summed E-state index contributed by atoms with van der Waals surface area (Å²) in [6, 6.07) is 5.97. The van der Waals surface area contributed by atoms with E-state index >= 15 is 0 Å². The first-order valence-corrected chi connectivity index (χ1v) is 11.3. The Morgan fingerprint density at radius 2 is 2.28 bits per heavy atom. The Morgan fingerprint density at radius 3 is 3.06 bits per heavy atom. The Bertz CT molecular complexity index is 1260. The minimum atomic E-state index is -0.245. The van der Waals surface area contributed by atoms with Crippen LogP contribution in [0.4, 0.5) is 5.95 Å². The molecule has 1 unspecified atom stereocenters. The summed E-state index contributed by atoms with van der Waals surface area (Å²) in [5.74, 6) is 1.12. The van der Waals surface area contributed by atoms with Crippen molar-refractivity contribution in [2.75, 3.05) is 31.7 Å². The van der Waals surface area contributed by atoms with Crippen molar-refractivity contribution in [1.29, 1.82) is 0 Å². The van der Waals surface area contributed by atoms with Crippen molar-refractivity contribution in [3.63, 3.8) is 0 Å². The van der Waals surface area contributed by atoms with Crippen LogP contribution in [0.25, 0.3) is 10.9 Å². The van der Waals surface area contributed by atoms with Crippen LogP contribution in [0.3, 0.4) is 0 Å². The van der Waals surface area contributed by atoms with Gasteiger partial charge in [0, 0.05) is 44.5 Å². The highest BCUT2D eigenvalue weighted by Gasteiger charge is 2.39. The minimum absolute atomic E-state index is 0.245. The molecule has 2 fully saturated rings. The predicted molar refractivity (Wildman–Crippen MR) is 121 cm³/mol. The van der Waals surface area contributed by atoms with Crippen LogP contribution in [0.2, 0.25) is 5.02 Å². The summed E-state index contributed by atoms with van der Waals surface area (Å²) in [6.45, 7) is 4.13. The molecular formula is C23H24ClN5O3. The van der Waals surface area contributed by atoms with E-state index in [4.69, 9.17) is 31.0 Å². The van der Waals surface area contributed by atoms with Crippen molar-refractivity contribution in [3.05, 3.63) is 56.6 Å². The third-order valence-electron chi connectivity index (χ3n) is 6.86. The lowest BCUT2D eigenvalue weighted by Gasteiger charge is -2.32. The molecule has 166 valence electrons. The average Bonchev–Trinajstić information content (AvgIpc) is 3.41. The zero-order chi connectivity index (χ0) is 21.8. The molecule has 5 heterocycles. The van der Waals surface area contributed by atoms with Crippen molar-refractivity contribution in [2.24, 2.45) is 0 Å². The zero-order valence-electron chi connectivity index (χ0n) is 17.8. The molecule has 3 aliphatic rings. The molecule has 0 amide bonds. The highest BCUT2D eigenvalue weighted by Crippen LogP contribution is 2.32. The van der Waals surface area contributed by atoms with Gasteiger partial charge in [0.2, 0.25) is 5.95 Å². The van der Waals surface area contributed by atoms with Crippen LogP contribution >= 0.6 is 11.6 Å². The molecule has 2 aromatic heterocycles. The van der Waals surface area contributed by atoms with Crippen LogP contribution in [0.1, 0.15) is 23.2 Å². The smallest absolute Gasteiger partial charge is 0.261 e. The number of aromatic amines is 1. The molecule has 32 heavy (non-hydrogen) atoms. The first kappa shape index (κ1) is 20.0. The number of ether oxygens (including phenoxy) is 2. The van der Waals surface area contributed by atoms with Gasteiger partial charge in [-0.1, -0.05) is 11.6 Å². The number of pyridine rings is 1. The van der Waals surface area contributed by atoms with Gasteiger partial charge in [-0.25, -0.2) is 4.98 Å². The number of nitrogens with one attached hydrogen (secondary N) is 1. The Morgan fingerprint density at radius 1 is 1.38 bits per heavy atom. The molecule has 2 bridgehead atoms. The van der Waals surface area contributed by atoms with Gasteiger partial charge in [-0.2, -0.15) is 0 Å². The number of anilines is 1. The van der Waals surface area contributed by atoms with E-state index in [1.807, 2.05) is 6.20 Å². The van der Waals surface area contributed by atoms with E-state index in [-0.39, 0.29) is 5.56 Å². The van der Waals surface area contributed by atoms with E-state index in [2.05, 4.69) is 20.9 Å². The topological polar surface area (TPSA) is 83.6 Å². The lowest BCUT2D eigenvalue weighted by Crippen LogP contribution is -2.38. The molecule has 0 radical (unpaired) electrons. The molecule has 3 aromatic rings. The molecule has 2 atom stereocenters. The summed E-state index contributed by atoms with van der Waals surface area (Å²) in [7, 11) is 1.57. The molecule has 8 nitrogen and oxygen atoms in total. The Labute approximate surface area is 190 Å². The van der Waals surface area contributed by atoms with Gasteiger partial charge in [0.1, 0.15) is 5.75 Å². The number of methoxy groups -OCH3 is 1. The number of H-pyrrole nitrogens is 1. The van der Waals surface area contributed by atoms with E-state index in [0.29, 0.717) is 46.3 Å². The van der Waals surface area contributed by atoms with Crippen molar-refractivity contribution in [2.45, 2.75) is 38.1 Å². The summed E-state index contributed by atoms with van der Waals surface area (Å²) < 4.78 is 11.0. The Hall–Kier alpha value is -2.68. The van der Waals surface area contributed by atoms with Gasteiger partial charge in [0.15, 0.2) is 0 Å². The average molecular weight is 454 g/mol. The molecule has 6 rings (SSSR count). The van der Waals surface area contributed by atoms with Gasteiger partial charge >= 0.3 is 0 Å². The standard InChI is InChI=1S/C23H24ClN5O3/c1-31-15-7-18(24)21-19(8-15)26-23(27-22(21)30)28-5-3-17-13(9-28)2-4-25-20(17)11-29-10-16-6-14(29)12-32-16/h2,4,7-8,14,16H,3,5-6,9-12H2,1H3,(H,26,27,30)/t14-,16?/m0/s1. The molecular weight excluding hydrogens is 430 g/mol. The van der Waals surface area contributed by atoms with Crippen molar-refractivity contribution in [3.8, 4) is 5.75 Å². The molecule has 0 aliphatic carbocycles. The first-order valence-electron chi connectivity index (χ1n) is 10.9. The number of rotatable bonds is 4. The summed E-state index contributed by atoms with van der Waals surface area (Å²) in [6.07, 6.45) is 4.28. The number of morpholine rings is 1. The lowest BCUT2D eigenvalue weighted by molar-refractivity contribution is 0.0267. The van der Waals surface area contributed by atoms with Crippen LogP contribution < -0.4 is 15.2 Å². The van der Waals surface area contributed by atoms with E-state index in [1.165, 1.54) is 11.1 Å². The molecule has 0 saturated carbocycles. The summed E-state index contributed by atoms with van der Waals surface area (Å²) in [5, 5.41) is 0.712. The van der Waals surface area contributed by atoms with E-state index < -0.39 is 0 Å². The normalized spacial score (nSPS) is 22.5. The Kier molecular flexibility index (Phi) is 4.82. The van der Waals surface area contributed by atoms with Crippen molar-refractivity contribution >= 4 is 28.5 Å². The van der Waals surface area contributed by atoms with Crippen LogP contribution in [-0.2, 0) is 24.2 Å². The Balaban J connectivity index is 1.29. The summed E-state index contributed by atoms with van der Waals surface area (Å²) >= 11 is 6.29. The number of benzene rings is 1. The molecule has 1 N–H and O–H groups in total. The van der Waals surface area contributed by atoms with Crippen LogP contribution in [-0.4, -0.2) is 58.8 Å². The number of hydrogen-bond acceptors (Lipinski definition) is 7. The number of aromatic nitrogens is 3. The molecule has 2 saturated heterocycles. The number of nitrogens with zero attached hydrogens (tertiary/aromatic N) is 4. The van der Waals surface area contributed by atoms with Gasteiger partial charge in [-0.3, -0.25) is 19.7 Å². The monoisotopic (exact) mass is 453 g/mol. The minimum Gasteiger partial charge on any atom is -0.497 e. The molecule has 9 heteroatoms. The molecule has 1 aromatic carbocycles. The molecule has 0 spiro atoms. The number of likely N-dealkylation sites (tertiary alicyclic amines) is 1. The third-order valence-corrected chi connectivity index (χ3v) is 7.16. The second-order valence-corrected chi connectivity index (χ2v) is 9.14. The molecule has 3 aliphatic heterocycles. The fourth-order valence-corrected chi connectivity index (χ4v) is 5.49. The van der Waals surface area contributed by atoms with Gasteiger partial charge in [-0.05, 0) is 36.1 Å². The second kappa shape index (κ2) is 7.72. The van der Waals surface area contributed by atoms with Crippen molar-refractivity contribution < 1.29 is 9.47 Å². The largest absolute Gasteiger partial charge is 0.497 e. The predicted octanol–water partition coefficient (Wildman–Crippen LogP) is 2.52. The van der Waals surface area contributed by atoms with E-state index in [9.17, 15) is 4.79 Å². The van der Waals surface area contributed by atoms with Crippen LogP contribution in [0.15, 0.2) is 29.2 Å². The fourth-order valence-electron chi connectivity index (χ4n) is 5.20. The second-order valence-electron chi connectivity index (χ2n) is 8.73. The maximum atomic E-state index is 12.7. The zero-order valence-corrected chi connectivity index (χ0v) is 18.6. The van der Waals surface area contributed by atoms with Gasteiger partial charge < -0.3 is 14.4 Å². The lowest BCUT2D eigenvalue weighted by atomic mass is 9.98. The number of hydrogen-bond donors (Lipinski definition) is 1. The van der Waals surface area contributed by atoms with Gasteiger partial charge in [0.05, 0.1) is 41.4 Å². The SMILES string of the molecule is COc1cc(Cl)c2c(=O)[nH]c(N3CCc4c(ccnc4CN4CC5C[C@H]4CO5)C3)nc2c1. The van der Waals surface area contributed by atoms with Crippen LogP contribution in [0, 0.1) is 0 Å². The van der Waals surface area contributed by atoms with Gasteiger partial charge in [0.25, 0.3) is 5.56 Å². The van der Waals surface area contributed by atoms with Crippen LogP contribution in [0.5, 0.6) is 5.75 Å². The summed E-state index contributed by atoms with van der Waals surface area (Å²) in [5.41, 5.74) is 3.99. The highest BCUT2D eigenvalue weighted by molar-refractivity contribution is 6.35. The van der Waals surface area contributed by atoms with E-state index in [0.717, 1.165) is 44.8 Å². The quantitative estimate of drug-likeness (QED) is 0.649. The fraction of sp³-hybridized carbons (Fsp3) is 0.435. The maximum absolute atomic E-state index is 12.7. The van der Waals surface area contributed by atoms with E-state index in [1.54, 1.807) is 19.2 Å². The maximum Gasteiger partial charge on any atom is 0.261 e. The summed E-state index contributed by atoms with van der Waals surface area (Å²) in [4.78, 5) is 29.7. The van der Waals surface area contributed by atoms with Gasteiger partial charge in [-0.15, -0.1) is 0 Å². The first-order chi connectivity index (χ1) is 15.6. The number of fused-ring (bicyclic) bond motifs is 4. The highest BCUT2D eigenvalue weighted by atomic mass is 35.5. The number of halogens is 1.